The van der Waals surface area contributed by atoms with E-state index in [1.807, 2.05) is 30.2 Å². The van der Waals surface area contributed by atoms with Crippen LogP contribution in [0.5, 0.6) is 0 Å². The van der Waals surface area contributed by atoms with Crippen LogP contribution in [0, 0.1) is 12.8 Å². The zero-order chi connectivity index (χ0) is 18.9. The van der Waals surface area contributed by atoms with E-state index in [9.17, 15) is 0 Å². The molecule has 0 aliphatic carbocycles. The van der Waals surface area contributed by atoms with Crippen molar-refractivity contribution in [3.8, 4) is 0 Å². The summed E-state index contributed by atoms with van der Waals surface area (Å²) in [6, 6.07) is 10.7. The van der Waals surface area contributed by atoms with Gasteiger partial charge in [0.15, 0.2) is 5.96 Å². The summed E-state index contributed by atoms with van der Waals surface area (Å²) < 4.78 is 8.06. The molecule has 1 fully saturated rings. The van der Waals surface area contributed by atoms with Crippen LogP contribution in [0.2, 0.25) is 0 Å². The van der Waals surface area contributed by atoms with Gasteiger partial charge in [0.25, 0.3) is 0 Å². The predicted octanol–water partition coefficient (Wildman–Crippen LogP) is 3.53. The van der Waals surface area contributed by atoms with Crippen molar-refractivity contribution in [2.24, 2.45) is 10.9 Å². The van der Waals surface area contributed by atoms with Crippen LogP contribution in [0.3, 0.4) is 0 Å². The van der Waals surface area contributed by atoms with E-state index in [1.165, 1.54) is 17.5 Å². The molecule has 7 heteroatoms. The van der Waals surface area contributed by atoms with Crippen molar-refractivity contribution in [3.63, 3.8) is 0 Å². The number of aliphatic imine (C=N–C) groups is 1. The summed E-state index contributed by atoms with van der Waals surface area (Å²) in [4.78, 5) is 4.35. The van der Waals surface area contributed by atoms with Crippen LogP contribution >= 0.6 is 24.0 Å². The van der Waals surface area contributed by atoms with Gasteiger partial charge in [0, 0.05) is 51.6 Å². The van der Waals surface area contributed by atoms with Crippen LogP contribution in [0.4, 0.5) is 0 Å². The quantitative estimate of drug-likeness (QED) is 0.266. The highest BCUT2D eigenvalue weighted by Crippen LogP contribution is 2.33. The highest BCUT2D eigenvalue weighted by atomic mass is 127. The molecular formula is C21H32IN5O. The number of nitrogens with zero attached hydrogens (tertiary/aromatic N) is 3. The minimum Gasteiger partial charge on any atom is -0.373 e. The summed E-state index contributed by atoms with van der Waals surface area (Å²) in [5, 5.41) is 11.1. The number of aromatic nitrogens is 2. The molecule has 1 aliphatic rings. The summed E-state index contributed by atoms with van der Waals surface area (Å²) in [6.07, 6.45) is 7.24. The first-order chi connectivity index (χ1) is 13.3. The summed E-state index contributed by atoms with van der Waals surface area (Å²) in [7, 11) is 1.82. The average molecular weight is 497 g/mol. The highest BCUT2D eigenvalue weighted by Gasteiger charge is 2.27. The molecule has 6 nitrogen and oxygen atoms in total. The minimum absolute atomic E-state index is 0. The Kier molecular flexibility index (Phi) is 9.77. The van der Waals surface area contributed by atoms with Crippen molar-refractivity contribution < 1.29 is 4.74 Å². The second kappa shape index (κ2) is 12.1. The van der Waals surface area contributed by atoms with Crippen molar-refractivity contribution >= 4 is 29.9 Å². The van der Waals surface area contributed by atoms with Gasteiger partial charge in [0.2, 0.25) is 0 Å². The third kappa shape index (κ3) is 6.77. The molecule has 0 saturated carbocycles. The molecule has 2 unspecified atom stereocenters. The highest BCUT2D eigenvalue weighted by molar-refractivity contribution is 14.0. The molecule has 2 heterocycles. The van der Waals surface area contributed by atoms with Crippen LogP contribution < -0.4 is 10.6 Å². The fourth-order valence-corrected chi connectivity index (χ4v) is 3.51. The van der Waals surface area contributed by atoms with E-state index in [4.69, 9.17) is 4.74 Å². The number of rotatable bonds is 7. The molecule has 0 amide bonds. The zero-order valence-corrected chi connectivity index (χ0v) is 19.1. The first-order valence-corrected chi connectivity index (χ1v) is 9.86. The lowest BCUT2D eigenvalue weighted by Gasteiger charge is -2.32. The van der Waals surface area contributed by atoms with E-state index < -0.39 is 0 Å². The van der Waals surface area contributed by atoms with Crippen LogP contribution in [0.25, 0.3) is 0 Å². The fourth-order valence-electron chi connectivity index (χ4n) is 3.51. The molecule has 0 radical (unpaired) electrons. The lowest BCUT2D eigenvalue weighted by molar-refractivity contribution is -0.0265. The van der Waals surface area contributed by atoms with Crippen LogP contribution in [0.1, 0.15) is 36.5 Å². The minimum atomic E-state index is 0. The van der Waals surface area contributed by atoms with Gasteiger partial charge in [-0.2, -0.15) is 5.10 Å². The Labute approximate surface area is 185 Å². The predicted molar refractivity (Wildman–Crippen MR) is 124 cm³/mol. The van der Waals surface area contributed by atoms with Gasteiger partial charge in [-0.05, 0) is 37.8 Å². The maximum atomic E-state index is 6.11. The number of nitrogens with one attached hydrogen (secondary N) is 2. The van der Waals surface area contributed by atoms with Gasteiger partial charge >= 0.3 is 0 Å². The van der Waals surface area contributed by atoms with Crippen molar-refractivity contribution in [2.75, 3.05) is 26.7 Å². The second-order valence-corrected chi connectivity index (χ2v) is 7.11. The standard InChI is InChI=1S/C21H31N5O.HI/c1-17-7-9-18(10-8-17)20-19(6-3-15-27-20)16-24-21(22-2)23-11-4-13-26-14-5-12-25-26;/h5,7-10,12,14,19-20H,3-4,6,11,13,15-16H2,1-2H3,(H2,22,23,24);1H. The maximum Gasteiger partial charge on any atom is 0.190 e. The SMILES string of the molecule is CN=C(NCCCn1cccn1)NCC1CCCOC1c1ccc(C)cc1.I. The number of aryl methyl sites for hydroxylation is 2. The Bertz CT molecular complexity index is 702. The van der Waals surface area contributed by atoms with Gasteiger partial charge in [-0.25, -0.2) is 0 Å². The Morgan fingerprint density at radius 1 is 1.29 bits per heavy atom. The Balaban J connectivity index is 0.00000280. The smallest absolute Gasteiger partial charge is 0.190 e. The first-order valence-electron chi connectivity index (χ1n) is 9.86. The van der Waals surface area contributed by atoms with Crippen LogP contribution in [-0.2, 0) is 11.3 Å². The van der Waals surface area contributed by atoms with Crippen LogP contribution in [-0.4, -0.2) is 42.5 Å². The summed E-state index contributed by atoms with van der Waals surface area (Å²) in [5.41, 5.74) is 2.55. The van der Waals surface area contributed by atoms with Crippen molar-refractivity contribution in [3.05, 3.63) is 53.9 Å². The Hall–Kier alpha value is -1.61. The molecule has 0 bridgehead atoms. The van der Waals surface area contributed by atoms with Gasteiger partial charge in [0.05, 0.1) is 6.10 Å². The third-order valence-electron chi connectivity index (χ3n) is 5.02. The Morgan fingerprint density at radius 3 is 2.82 bits per heavy atom. The average Bonchev–Trinajstić information content (AvgIpc) is 3.22. The van der Waals surface area contributed by atoms with Gasteiger partial charge in [-0.3, -0.25) is 9.67 Å². The topological polar surface area (TPSA) is 63.5 Å². The summed E-state index contributed by atoms with van der Waals surface area (Å²) >= 11 is 0. The molecule has 2 atom stereocenters. The largest absolute Gasteiger partial charge is 0.373 e. The fraction of sp³-hybridized carbons (Fsp3) is 0.524. The molecule has 1 aromatic carbocycles. The molecular weight excluding hydrogens is 465 g/mol. The van der Waals surface area contributed by atoms with Crippen molar-refractivity contribution in [1.82, 2.24) is 20.4 Å². The number of benzene rings is 1. The van der Waals surface area contributed by atoms with Crippen molar-refractivity contribution in [1.29, 1.82) is 0 Å². The normalized spacial score (nSPS) is 19.7. The third-order valence-corrected chi connectivity index (χ3v) is 5.02. The summed E-state index contributed by atoms with van der Waals surface area (Å²) in [5.74, 6) is 1.30. The zero-order valence-electron chi connectivity index (χ0n) is 16.8. The van der Waals surface area contributed by atoms with Gasteiger partial charge in [-0.1, -0.05) is 29.8 Å². The number of ether oxygens (including phenoxy) is 1. The molecule has 1 aliphatic heterocycles. The van der Waals surface area contributed by atoms with E-state index in [0.717, 1.165) is 45.0 Å². The van der Waals surface area contributed by atoms with E-state index in [0.29, 0.717) is 5.92 Å². The second-order valence-electron chi connectivity index (χ2n) is 7.11. The van der Waals surface area contributed by atoms with E-state index in [-0.39, 0.29) is 30.1 Å². The Morgan fingerprint density at radius 2 is 2.11 bits per heavy atom. The lowest BCUT2D eigenvalue weighted by atomic mass is 9.89. The number of hydrogen-bond acceptors (Lipinski definition) is 3. The van der Waals surface area contributed by atoms with E-state index >= 15 is 0 Å². The van der Waals surface area contributed by atoms with Crippen molar-refractivity contribution in [2.45, 2.75) is 38.8 Å². The number of guanidine groups is 1. The lowest BCUT2D eigenvalue weighted by Crippen LogP contribution is -2.42. The number of hydrogen-bond donors (Lipinski definition) is 2. The molecule has 1 aromatic heterocycles. The number of halogens is 1. The molecule has 3 rings (SSSR count). The monoisotopic (exact) mass is 497 g/mol. The molecule has 2 N–H and O–H groups in total. The van der Waals surface area contributed by atoms with Gasteiger partial charge in [-0.15, -0.1) is 24.0 Å². The molecule has 2 aromatic rings. The maximum absolute atomic E-state index is 6.11. The molecule has 28 heavy (non-hydrogen) atoms. The van der Waals surface area contributed by atoms with Crippen LogP contribution in [0.15, 0.2) is 47.7 Å². The van der Waals surface area contributed by atoms with E-state index in [2.05, 4.69) is 51.9 Å². The molecule has 1 saturated heterocycles. The molecule has 154 valence electrons. The van der Waals surface area contributed by atoms with Gasteiger partial charge in [0.1, 0.15) is 0 Å². The molecule has 0 spiro atoms. The van der Waals surface area contributed by atoms with Gasteiger partial charge < -0.3 is 15.4 Å². The van der Waals surface area contributed by atoms with E-state index in [1.54, 1.807) is 0 Å². The summed E-state index contributed by atoms with van der Waals surface area (Å²) in [6.45, 7) is 5.59. The first kappa shape index (κ1) is 22.7.